The van der Waals surface area contributed by atoms with Gasteiger partial charge in [-0.05, 0) is 6.07 Å². The molecule has 19 heavy (non-hydrogen) atoms. The zero-order chi connectivity index (χ0) is 13.2. The van der Waals surface area contributed by atoms with Crippen molar-refractivity contribution in [1.29, 1.82) is 0 Å². The average Bonchev–Trinajstić information content (AvgIpc) is 3.09. The van der Waals surface area contributed by atoms with Crippen molar-refractivity contribution < 1.29 is 9.47 Å². The summed E-state index contributed by atoms with van der Waals surface area (Å²) >= 11 is 3.22. The Morgan fingerprint density at radius 3 is 2.68 bits per heavy atom. The molecule has 2 heterocycles. The number of hydrogen-bond donors (Lipinski definition) is 0. The molecule has 0 unspecified atom stereocenters. The van der Waals surface area contributed by atoms with E-state index in [2.05, 4.69) is 16.0 Å². The van der Waals surface area contributed by atoms with E-state index >= 15 is 0 Å². The van der Waals surface area contributed by atoms with Gasteiger partial charge in [-0.3, -0.25) is 0 Å². The van der Waals surface area contributed by atoms with Crippen LogP contribution in [0, 0.1) is 0 Å². The van der Waals surface area contributed by atoms with Crippen LogP contribution in [0.4, 0.5) is 0 Å². The lowest BCUT2D eigenvalue weighted by Crippen LogP contribution is -2.04. The minimum Gasteiger partial charge on any atom is -0.352 e. The van der Waals surface area contributed by atoms with Crippen LogP contribution in [0.15, 0.2) is 29.8 Å². The zero-order valence-corrected chi connectivity index (χ0v) is 12.1. The highest BCUT2D eigenvalue weighted by molar-refractivity contribution is 7.24. The lowest BCUT2D eigenvalue weighted by Gasteiger charge is -2.13. The van der Waals surface area contributed by atoms with Gasteiger partial charge in [0.05, 0.1) is 10.2 Å². The van der Waals surface area contributed by atoms with Crippen molar-refractivity contribution in [2.75, 3.05) is 14.2 Å². The molecule has 0 N–H and O–H groups in total. The van der Waals surface area contributed by atoms with Gasteiger partial charge >= 0.3 is 0 Å². The molecule has 0 fully saturated rings. The Morgan fingerprint density at radius 1 is 1.16 bits per heavy atom. The van der Waals surface area contributed by atoms with Gasteiger partial charge in [-0.15, -0.1) is 22.7 Å². The summed E-state index contributed by atoms with van der Waals surface area (Å²) in [6.45, 7) is 0. The fraction of sp³-hybridized carbons (Fsp3) is 0.231. The monoisotopic (exact) mass is 292 g/mol. The van der Waals surface area contributed by atoms with Crippen molar-refractivity contribution in [3.8, 4) is 10.0 Å². The molecule has 0 aliphatic rings. The molecule has 0 saturated carbocycles. The summed E-state index contributed by atoms with van der Waals surface area (Å²) in [5.74, 6) is 0. The van der Waals surface area contributed by atoms with E-state index in [4.69, 9.17) is 9.47 Å². The van der Waals surface area contributed by atoms with Gasteiger partial charge in [-0.2, -0.15) is 0 Å². The first-order valence-corrected chi connectivity index (χ1v) is 7.38. The van der Waals surface area contributed by atoms with Gasteiger partial charge in [0.15, 0.2) is 16.3 Å². The summed E-state index contributed by atoms with van der Waals surface area (Å²) in [5.41, 5.74) is 1.87. The summed E-state index contributed by atoms with van der Waals surface area (Å²) in [4.78, 5) is 8.98. The molecular weight excluding hydrogens is 280 g/mol. The molecule has 0 spiro atoms. The zero-order valence-electron chi connectivity index (χ0n) is 10.5. The molecule has 0 aliphatic heterocycles. The molecule has 6 heteroatoms. The van der Waals surface area contributed by atoms with Gasteiger partial charge < -0.3 is 9.47 Å². The van der Waals surface area contributed by atoms with Gasteiger partial charge in [-0.25, -0.2) is 9.97 Å². The third-order valence-electron chi connectivity index (χ3n) is 2.75. The van der Waals surface area contributed by atoms with Gasteiger partial charge in [0.2, 0.25) is 0 Å². The minimum absolute atomic E-state index is 0.394. The fourth-order valence-electron chi connectivity index (χ4n) is 1.93. The summed E-state index contributed by atoms with van der Waals surface area (Å²) in [6.07, 6.45) is 1.40. The maximum atomic E-state index is 5.32. The van der Waals surface area contributed by atoms with Crippen LogP contribution in [-0.4, -0.2) is 24.2 Å². The lowest BCUT2D eigenvalue weighted by molar-refractivity contribution is -0.105. The SMILES string of the molecule is COC(OC)c1cccc2sc(-c3nccs3)nc12. The first-order chi connectivity index (χ1) is 9.33. The van der Waals surface area contributed by atoms with Crippen LogP contribution in [0.25, 0.3) is 20.2 Å². The van der Waals surface area contributed by atoms with Crippen molar-refractivity contribution in [1.82, 2.24) is 9.97 Å². The predicted molar refractivity (Wildman–Crippen MR) is 77.5 cm³/mol. The van der Waals surface area contributed by atoms with E-state index in [9.17, 15) is 0 Å². The number of ether oxygens (including phenoxy) is 2. The van der Waals surface area contributed by atoms with Crippen molar-refractivity contribution in [2.24, 2.45) is 0 Å². The molecule has 0 aliphatic carbocycles. The molecule has 2 aromatic heterocycles. The highest BCUT2D eigenvalue weighted by Gasteiger charge is 2.17. The van der Waals surface area contributed by atoms with Crippen LogP contribution in [0.1, 0.15) is 11.9 Å². The molecule has 0 atom stereocenters. The van der Waals surface area contributed by atoms with Crippen LogP contribution in [0.3, 0.4) is 0 Å². The van der Waals surface area contributed by atoms with Crippen LogP contribution < -0.4 is 0 Å². The molecular formula is C13H12N2O2S2. The van der Waals surface area contributed by atoms with Gasteiger partial charge in [-0.1, -0.05) is 12.1 Å². The van der Waals surface area contributed by atoms with Crippen molar-refractivity contribution in [3.63, 3.8) is 0 Å². The highest BCUT2D eigenvalue weighted by atomic mass is 32.1. The van der Waals surface area contributed by atoms with E-state index < -0.39 is 6.29 Å². The summed E-state index contributed by atoms with van der Waals surface area (Å²) in [7, 11) is 3.25. The molecule has 98 valence electrons. The normalized spacial score (nSPS) is 11.5. The smallest absolute Gasteiger partial charge is 0.185 e. The number of methoxy groups -OCH3 is 2. The summed E-state index contributed by atoms with van der Waals surface area (Å²) in [6, 6.07) is 6.02. The largest absolute Gasteiger partial charge is 0.352 e. The Balaban J connectivity index is 2.15. The van der Waals surface area contributed by atoms with Gasteiger partial charge in [0.1, 0.15) is 0 Å². The second-order valence-electron chi connectivity index (χ2n) is 3.85. The molecule has 3 rings (SSSR count). The molecule has 0 saturated heterocycles. The van der Waals surface area contributed by atoms with Crippen LogP contribution in [-0.2, 0) is 9.47 Å². The highest BCUT2D eigenvalue weighted by Crippen LogP contribution is 2.35. The summed E-state index contributed by atoms with van der Waals surface area (Å²) < 4.78 is 11.8. The molecule has 0 amide bonds. The maximum absolute atomic E-state index is 5.32. The van der Waals surface area contributed by atoms with Crippen molar-refractivity contribution in [2.45, 2.75) is 6.29 Å². The number of hydrogen-bond acceptors (Lipinski definition) is 6. The van der Waals surface area contributed by atoms with Crippen LogP contribution >= 0.6 is 22.7 Å². The maximum Gasteiger partial charge on any atom is 0.185 e. The second kappa shape index (κ2) is 5.34. The van der Waals surface area contributed by atoms with E-state index in [1.165, 1.54) is 0 Å². The predicted octanol–water partition coefficient (Wildman–Crippen LogP) is 3.71. The van der Waals surface area contributed by atoms with E-state index in [1.54, 1.807) is 43.1 Å². The number of aromatic nitrogens is 2. The van der Waals surface area contributed by atoms with Crippen molar-refractivity contribution >= 4 is 32.9 Å². The van der Waals surface area contributed by atoms with E-state index in [0.29, 0.717) is 0 Å². The number of thiazole rings is 2. The van der Waals surface area contributed by atoms with E-state index in [0.717, 1.165) is 25.8 Å². The first kappa shape index (κ1) is 12.7. The third-order valence-corrected chi connectivity index (χ3v) is 4.68. The number of fused-ring (bicyclic) bond motifs is 1. The Morgan fingerprint density at radius 2 is 2.00 bits per heavy atom. The van der Waals surface area contributed by atoms with Crippen molar-refractivity contribution in [3.05, 3.63) is 35.3 Å². The third kappa shape index (κ3) is 2.28. The Kier molecular flexibility index (Phi) is 3.56. The Bertz CT molecular complexity index is 675. The quantitative estimate of drug-likeness (QED) is 0.688. The molecule has 1 aromatic carbocycles. The van der Waals surface area contributed by atoms with E-state index in [-0.39, 0.29) is 0 Å². The average molecular weight is 292 g/mol. The number of rotatable bonds is 4. The summed E-state index contributed by atoms with van der Waals surface area (Å²) in [5, 5.41) is 3.83. The Hall–Kier alpha value is -1.34. The van der Waals surface area contributed by atoms with Crippen LogP contribution in [0.5, 0.6) is 0 Å². The van der Waals surface area contributed by atoms with Crippen LogP contribution in [0.2, 0.25) is 0 Å². The standard InChI is InChI=1S/C13H12N2O2S2/c1-16-13(17-2)8-4-3-5-9-10(8)15-12(19-9)11-14-6-7-18-11/h3-7,13H,1-2H3. The number of nitrogens with zero attached hydrogens (tertiary/aromatic N) is 2. The number of benzene rings is 1. The fourth-order valence-corrected chi connectivity index (χ4v) is 3.61. The lowest BCUT2D eigenvalue weighted by atomic mass is 10.2. The second-order valence-corrected chi connectivity index (χ2v) is 5.78. The van der Waals surface area contributed by atoms with Gasteiger partial charge in [0, 0.05) is 31.4 Å². The minimum atomic E-state index is -0.394. The van der Waals surface area contributed by atoms with E-state index in [1.807, 2.05) is 17.5 Å². The Labute approximate surface area is 118 Å². The molecule has 3 aromatic rings. The topological polar surface area (TPSA) is 44.2 Å². The molecule has 0 radical (unpaired) electrons. The molecule has 0 bridgehead atoms. The first-order valence-electron chi connectivity index (χ1n) is 5.68. The van der Waals surface area contributed by atoms with Gasteiger partial charge in [0.25, 0.3) is 0 Å². The molecule has 4 nitrogen and oxygen atoms in total. The number of para-hydroxylation sites is 1.